The van der Waals surface area contributed by atoms with Crippen LogP contribution in [0.4, 0.5) is 0 Å². The Bertz CT molecular complexity index is 587. The summed E-state index contributed by atoms with van der Waals surface area (Å²) in [7, 11) is 0. The number of benzene rings is 1. The number of nitrogens with one attached hydrogen (secondary N) is 1. The van der Waals surface area contributed by atoms with Crippen LogP contribution in [0, 0.1) is 5.92 Å². The average molecular weight is 312 g/mol. The number of rotatable bonds is 6. The summed E-state index contributed by atoms with van der Waals surface area (Å²) in [6.45, 7) is 4.06. The van der Waals surface area contributed by atoms with Crippen molar-refractivity contribution in [3.8, 4) is 0 Å². The highest BCUT2D eigenvalue weighted by atomic mass is 16.3. The quantitative estimate of drug-likeness (QED) is 0.890. The Kier molecular flexibility index (Phi) is 5.48. The van der Waals surface area contributed by atoms with E-state index in [0.717, 1.165) is 32.6 Å². The fourth-order valence-corrected chi connectivity index (χ4v) is 3.16. The van der Waals surface area contributed by atoms with Crippen LogP contribution in [0.2, 0.25) is 0 Å². The molecule has 23 heavy (non-hydrogen) atoms. The number of nitrogens with zero attached hydrogens (tertiary/aromatic N) is 1. The van der Waals surface area contributed by atoms with Crippen molar-refractivity contribution in [2.45, 2.75) is 25.8 Å². The highest BCUT2D eigenvalue weighted by molar-refractivity contribution is 5.91. The molecule has 1 amide bonds. The van der Waals surface area contributed by atoms with E-state index < -0.39 is 0 Å². The number of carbonyl (C=O) groups excluding carboxylic acids is 1. The van der Waals surface area contributed by atoms with Gasteiger partial charge in [0.2, 0.25) is 0 Å². The van der Waals surface area contributed by atoms with E-state index in [1.54, 1.807) is 12.1 Å². The summed E-state index contributed by atoms with van der Waals surface area (Å²) in [6.07, 6.45) is 5.00. The fraction of sp³-hybridized carbons (Fsp3) is 0.421. The van der Waals surface area contributed by atoms with E-state index >= 15 is 0 Å². The second kappa shape index (κ2) is 7.97. The van der Waals surface area contributed by atoms with Crippen molar-refractivity contribution in [2.75, 3.05) is 19.6 Å². The summed E-state index contributed by atoms with van der Waals surface area (Å²) >= 11 is 0. The van der Waals surface area contributed by atoms with Gasteiger partial charge in [0.05, 0.1) is 6.26 Å². The molecule has 0 radical (unpaired) electrons. The number of hydrogen-bond acceptors (Lipinski definition) is 3. The van der Waals surface area contributed by atoms with Crippen LogP contribution >= 0.6 is 0 Å². The van der Waals surface area contributed by atoms with Crippen molar-refractivity contribution in [3.05, 3.63) is 60.1 Å². The molecular formula is C19H24N2O2. The Hall–Kier alpha value is -2.07. The Balaban J connectivity index is 1.34. The lowest BCUT2D eigenvalue weighted by molar-refractivity contribution is 0.0920. The highest BCUT2D eigenvalue weighted by Crippen LogP contribution is 2.21. The van der Waals surface area contributed by atoms with E-state index in [-0.39, 0.29) is 5.91 Å². The minimum absolute atomic E-state index is 0.114. The van der Waals surface area contributed by atoms with Crippen LogP contribution in [-0.2, 0) is 6.54 Å². The molecule has 1 aromatic carbocycles. The Morgan fingerprint density at radius 1 is 1.13 bits per heavy atom. The lowest BCUT2D eigenvalue weighted by atomic mass is 9.93. The van der Waals surface area contributed by atoms with Crippen LogP contribution in [-0.4, -0.2) is 30.4 Å². The fourth-order valence-electron chi connectivity index (χ4n) is 3.16. The number of amides is 1. The van der Waals surface area contributed by atoms with E-state index in [1.807, 2.05) is 0 Å². The second-order valence-corrected chi connectivity index (χ2v) is 6.23. The van der Waals surface area contributed by atoms with Gasteiger partial charge in [-0.25, -0.2) is 0 Å². The van der Waals surface area contributed by atoms with Gasteiger partial charge in [-0.1, -0.05) is 30.3 Å². The molecule has 1 aromatic heterocycles. The van der Waals surface area contributed by atoms with Crippen LogP contribution in [0.1, 0.15) is 35.4 Å². The standard InChI is InChI=1S/C19H24N2O2/c22-19(18-7-4-14-23-18)20-11-8-16-9-12-21(13-10-16)15-17-5-2-1-3-6-17/h1-7,14,16H,8-13,15H2,(H,20,22). The molecule has 0 bridgehead atoms. The minimum atomic E-state index is -0.114. The summed E-state index contributed by atoms with van der Waals surface area (Å²) in [5.41, 5.74) is 1.39. The number of piperidine rings is 1. The van der Waals surface area contributed by atoms with Gasteiger partial charge in [0.25, 0.3) is 5.91 Å². The zero-order chi connectivity index (χ0) is 15.9. The predicted molar refractivity (Wildman–Crippen MR) is 90.1 cm³/mol. The lowest BCUT2D eigenvalue weighted by Crippen LogP contribution is -2.34. The van der Waals surface area contributed by atoms with Crippen LogP contribution in [0.25, 0.3) is 0 Å². The van der Waals surface area contributed by atoms with Crippen LogP contribution in [0.5, 0.6) is 0 Å². The van der Waals surface area contributed by atoms with Gasteiger partial charge in [0.1, 0.15) is 0 Å². The van der Waals surface area contributed by atoms with Gasteiger partial charge >= 0.3 is 0 Å². The van der Waals surface area contributed by atoms with Crippen molar-refractivity contribution in [1.29, 1.82) is 0 Å². The summed E-state index contributed by atoms with van der Waals surface area (Å²) in [5, 5.41) is 2.94. The van der Waals surface area contributed by atoms with Gasteiger partial charge in [-0.2, -0.15) is 0 Å². The van der Waals surface area contributed by atoms with E-state index in [4.69, 9.17) is 4.42 Å². The van der Waals surface area contributed by atoms with E-state index in [2.05, 4.69) is 40.5 Å². The molecule has 3 rings (SSSR count). The molecule has 0 saturated carbocycles. The van der Waals surface area contributed by atoms with Crippen molar-refractivity contribution < 1.29 is 9.21 Å². The van der Waals surface area contributed by atoms with Crippen molar-refractivity contribution in [2.24, 2.45) is 5.92 Å². The smallest absolute Gasteiger partial charge is 0.286 e. The third-order valence-corrected chi connectivity index (χ3v) is 4.54. The van der Waals surface area contributed by atoms with Gasteiger partial charge in [-0.15, -0.1) is 0 Å². The third kappa shape index (κ3) is 4.70. The molecule has 1 aliphatic rings. The Labute approximate surface area is 137 Å². The van der Waals surface area contributed by atoms with Crippen LogP contribution < -0.4 is 5.32 Å². The molecule has 0 spiro atoms. The molecule has 1 saturated heterocycles. The van der Waals surface area contributed by atoms with Gasteiger partial charge in [-0.05, 0) is 56.0 Å². The summed E-state index contributed by atoms with van der Waals surface area (Å²) in [6, 6.07) is 14.1. The number of likely N-dealkylation sites (tertiary alicyclic amines) is 1. The zero-order valence-electron chi connectivity index (χ0n) is 13.4. The van der Waals surface area contributed by atoms with Crippen LogP contribution in [0.15, 0.2) is 53.1 Å². The average Bonchev–Trinajstić information content (AvgIpc) is 3.12. The first-order chi connectivity index (χ1) is 11.3. The maximum atomic E-state index is 11.8. The predicted octanol–water partition coefficient (Wildman–Crippen LogP) is 3.31. The van der Waals surface area contributed by atoms with Gasteiger partial charge in [0, 0.05) is 13.1 Å². The maximum Gasteiger partial charge on any atom is 0.286 e. The van der Waals surface area contributed by atoms with E-state index in [0.29, 0.717) is 11.7 Å². The monoisotopic (exact) mass is 312 g/mol. The molecule has 122 valence electrons. The molecule has 2 heterocycles. The first-order valence-corrected chi connectivity index (χ1v) is 8.39. The largest absolute Gasteiger partial charge is 0.459 e. The molecule has 1 aliphatic heterocycles. The Morgan fingerprint density at radius 2 is 1.91 bits per heavy atom. The second-order valence-electron chi connectivity index (χ2n) is 6.23. The first kappa shape index (κ1) is 15.8. The van der Waals surface area contributed by atoms with Gasteiger partial charge in [-0.3, -0.25) is 9.69 Å². The first-order valence-electron chi connectivity index (χ1n) is 8.39. The summed E-state index contributed by atoms with van der Waals surface area (Å²) in [5.74, 6) is 0.984. The van der Waals surface area contributed by atoms with E-state index in [9.17, 15) is 4.79 Å². The SMILES string of the molecule is O=C(NCCC1CCN(Cc2ccccc2)CC1)c1ccco1. The van der Waals surface area contributed by atoms with E-state index in [1.165, 1.54) is 24.7 Å². The molecule has 4 heteroatoms. The minimum Gasteiger partial charge on any atom is -0.459 e. The molecule has 0 atom stereocenters. The number of furan rings is 1. The third-order valence-electron chi connectivity index (χ3n) is 4.54. The normalized spacial score (nSPS) is 16.3. The summed E-state index contributed by atoms with van der Waals surface area (Å²) in [4.78, 5) is 14.3. The Morgan fingerprint density at radius 3 is 2.61 bits per heavy atom. The van der Waals surface area contributed by atoms with Crippen molar-refractivity contribution in [1.82, 2.24) is 10.2 Å². The lowest BCUT2D eigenvalue weighted by Gasteiger charge is -2.32. The van der Waals surface area contributed by atoms with Crippen molar-refractivity contribution in [3.63, 3.8) is 0 Å². The number of carbonyl (C=O) groups is 1. The highest BCUT2D eigenvalue weighted by Gasteiger charge is 2.19. The topological polar surface area (TPSA) is 45.5 Å². The van der Waals surface area contributed by atoms with Gasteiger partial charge < -0.3 is 9.73 Å². The molecule has 4 nitrogen and oxygen atoms in total. The molecular weight excluding hydrogens is 288 g/mol. The van der Waals surface area contributed by atoms with Crippen molar-refractivity contribution >= 4 is 5.91 Å². The molecule has 0 aliphatic carbocycles. The summed E-state index contributed by atoms with van der Waals surface area (Å²) < 4.78 is 5.09. The van der Waals surface area contributed by atoms with Crippen LogP contribution in [0.3, 0.4) is 0 Å². The molecule has 1 fully saturated rings. The van der Waals surface area contributed by atoms with Gasteiger partial charge in [0.15, 0.2) is 5.76 Å². The number of hydrogen-bond donors (Lipinski definition) is 1. The maximum absolute atomic E-state index is 11.8. The molecule has 0 unspecified atom stereocenters. The molecule has 2 aromatic rings. The molecule has 1 N–H and O–H groups in total. The zero-order valence-corrected chi connectivity index (χ0v) is 13.4.